The highest BCUT2D eigenvalue weighted by Gasteiger charge is 2.37. The Morgan fingerprint density at radius 1 is 1.13 bits per heavy atom. The molecule has 0 spiro atoms. The minimum absolute atomic E-state index is 0.0295. The van der Waals surface area contributed by atoms with Gasteiger partial charge in [0, 0.05) is 32.2 Å². The van der Waals surface area contributed by atoms with Crippen molar-refractivity contribution in [1.29, 1.82) is 0 Å². The zero-order valence-corrected chi connectivity index (χ0v) is 17.5. The maximum Gasteiger partial charge on any atom is 0.433 e. The summed E-state index contributed by atoms with van der Waals surface area (Å²) in [5, 5.41) is 7.57. The number of halogens is 3. The van der Waals surface area contributed by atoms with Crippen LogP contribution in [0.25, 0.3) is 5.65 Å². The summed E-state index contributed by atoms with van der Waals surface area (Å²) in [4.78, 5) is 5.10. The van der Waals surface area contributed by atoms with E-state index in [0.717, 1.165) is 17.8 Å². The highest BCUT2D eigenvalue weighted by molar-refractivity contribution is 7.99. The van der Waals surface area contributed by atoms with E-state index in [1.165, 1.54) is 16.6 Å². The van der Waals surface area contributed by atoms with E-state index >= 15 is 0 Å². The topological polar surface area (TPSA) is 79.6 Å². The van der Waals surface area contributed by atoms with Gasteiger partial charge in [0.1, 0.15) is 10.8 Å². The van der Waals surface area contributed by atoms with Gasteiger partial charge in [0.2, 0.25) is 9.84 Å². The highest BCUT2D eigenvalue weighted by Crippen LogP contribution is 2.37. The summed E-state index contributed by atoms with van der Waals surface area (Å²) < 4.78 is 68.7. The Morgan fingerprint density at radius 2 is 1.80 bits per heavy atom. The van der Waals surface area contributed by atoms with Crippen molar-refractivity contribution < 1.29 is 21.6 Å². The monoisotopic (exact) mass is 457 g/mol. The number of aromatic nitrogens is 3. The molecule has 7 nitrogen and oxygen atoms in total. The number of benzene rings is 1. The molecule has 3 aromatic rings. The number of piperazine rings is 1. The minimum Gasteiger partial charge on any atom is -0.354 e. The molecule has 1 aromatic carbocycles. The highest BCUT2D eigenvalue weighted by atomic mass is 32.2. The molecular weight excluding hydrogens is 439 g/mol. The van der Waals surface area contributed by atoms with Crippen LogP contribution in [0.15, 0.2) is 51.2 Å². The van der Waals surface area contributed by atoms with Crippen molar-refractivity contribution >= 4 is 33.1 Å². The molecule has 3 heterocycles. The van der Waals surface area contributed by atoms with Crippen LogP contribution in [0, 0.1) is 0 Å². The summed E-state index contributed by atoms with van der Waals surface area (Å²) in [6.45, 7) is 2.12. The molecule has 0 bridgehead atoms. The average Bonchev–Trinajstić information content (AvgIpc) is 3.13. The smallest absolute Gasteiger partial charge is 0.354 e. The fourth-order valence-electron chi connectivity index (χ4n) is 3.31. The van der Waals surface area contributed by atoms with Crippen molar-refractivity contribution in [2.75, 3.05) is 37.3 Å². The molecule has 1 saturated heterocycles. The number of nitrogens with one attached hydrogen (secondary N) is 1. The van der Waals surface area contributed by atoms with Gasteiger partial charge in [-0.1, -0.05) is 18.2 Å². The standard InChI is InChI=1S/C18H18F3N5O2S2/c1-29-17-15(30(27,28)12-5-3-2-4-6-12)16-23-13(18(19,20)21)11-14(26(16)24-17)25-9-7-22-8-10-25/h2-6,11,22H,7-10H2,1H3. The summed E-state index contributed by atoms with van der Waals surface area (Å²) in [5.41, 5.74) is -1.48. The largest absolute Gasteiger partial charge is 0.433 e. The van der Waals surface area contributed by atoms with Crippen molar-refractivity contribution in [3.8, 4) is 0 Å². The molecule has 1 aliphatic heterocycles. The fraction of sp³-hybridized carbons (Fsp3) is 0.333. The number of nitrogens with zero attached hydrogens (tertiary/aromatic N) is 4. The molecule has 1 aliphatic rings. The predicted octanol–water partition coefficient (Wildman–Crippen LogP) is 2.71. The van der Waals surface area contributed by atoms with Gasteiger partial charge in [-0.25, -0.2) is 13.4 Å². The summed E-state index contributed by atoms with van der Waals surface area (Å²) in [6.07, 6.45) is -3.11. The molecular formula is C18H18F3N5O2S2. The van der Waals surface area contributed by atoms with Crippen LogP contribution in [0.3, 0.4) is 0 Å². The SMILES string of the molecule is CSc1nn2c(N3CCNCC3)cc(C(F)(F)F)nc2c1S(=O)(=O)c1ccccc1. The van der Waals surface area contributed by atoms with Crippen molar-refractivity contribution in [1.82, 2.24) is 19.9 Å². The Hall–Kier alpha value is -2.31. The summed E-state index contributed by atoms with van der Waals surface area (Å²) >= 11 is 1.05. The zero-order chi connectivity index (χ0) is 21.5. The normalized spacial score (nSPS) is 15.7. The van der Waals surface area contributed by atoms with Gasteiger partial charge in [-0.3, -0.25) is 0 Å². The van der Waals surface area contributed by atoms with E-state index < -0.39 is 21.7 Å². The number of thioether (sulfide) groups is 1. The van der Waals surface area contributed by atoms with Gasteiger partial charge in [0.05, 0.1) is 4.90 Å². The average molecular weight is 458 g/mol. The first-order valence-corrected chi connectivity index (χ1v) is 11.7. The number of rotatable bonds is 4. The molecule has 2 aromatic heterocycles. The Morgan fingerprint density at radius 3 is 2.40 bits per heavy atom. The molecule has 0 saturated carbocycles. The lowest BCUT2D eigenvalue weighted by atomic mass is 10.3. The molecule has 1 fully saturated rings. The Kier molecular flexibility index (Phi) is 5.41. The number of alkyl halides is 3. The van der Waals surface area contributed by atoms with Gasteiger partial charge >= 0.3 is 6.18 Å². The van der Waals surface area contributed by atoms with E-state index in [1.54, 1.807) is 29.4 Å². The van der Waals surface area contributed by atoms with Crippen LogP contribution in [-0.2, 0) is 16.0 Å². The quantitative estimate of drug-likeness (QED) is 0.604. The first-order chi connectivity index (χ1) is 14.2. The van der Waals surface area contributed by atoms with Crippen LogP contribution in [-0.4, -0.2) is 55.5 Å². The maximum atomic E-state index is 13.6. The van der Waals surface area contributed by atoms with Crippen molar-refractivity contribution in [2.24, 2.45) is 0 Å². The van der Waals surface area contributed by atoms with Crippen LogP contribution in [0.5, 0.6) is 0 Å². The molecule has 4 rings (SSSR count). The predicted molar refractivity (Wildman–Crippen MR) is 107 cm³/mol. The van der Waals surface area contributed by atoms with Crippen LogP contribution in [0.4, 0.5) is 19.0 Å². The second-order valence-corrected chi connectivity index (χ2v) is 9.31. The van der Waals surface area contributed by atoms with Gasteiger partial charge in [0.15, 0.2) is 16.2 Å². The number of anilines is 1. The van der Waals surface area contributed by atoms with Crippen LogP contribution >= 0.6 is 11.8 Å². The van der Waals surface area contributed by atoms with E-state index in [0.29, 0.717) is 26.2 Å². The second kappa shape index (κ2) is 7.75. The van der Waals surface area contributed by atoms with Crippen LogP contribution in [0.2, 0.25) is 0 Å². The Balaban J connectivity index is 2.04. The molecule has 0 radical (unpaired) electrons. The summed E-state index contributed by atoms with van der Waals surface area (Å²) in [5.74, 6) is 0.165. The van der Waals surface area contributed by atoms with Crippen LogP contribution in [0.1, 0.15) is 5.69 Å². The van der Waals surface area contributed by atoms with Gasteiger partial charge in [-0.2, -0.15) is 22.8 Å². The van der Waals surface area contributed by atoms with E-state index in [1.807, 2.05) is 0 Å². The Labute approximate surface area is 175 Å². The van der Waals surface area contributed by atoms with E-state index in [2.05, 4.69) is 15.4 Å². The molecule has 0 aliphatic carbocycles. The van der Waals surface area contributed by atoms with Crippen molar-refractivity contribution in [2.45, 2.75) is 21.0 Å². The first-order valence-electron chi connectivity index (χ1n) is 9.04. The Bertz CT molecular complexity index is 1170. The third kappa shape index (κ3) is 3.63. The molecule has 160 valence electrons. The van der Waals surface area contributed by atoms with Gasteiger partial charge in [-0.15, -0.1) is 11.8 Å². The molecule has 12 heteroatoms. The summed E-state index contributed by atoms with van der Waals surface area (Å²) in [7, 11) is -4.14. The lowest BCUT2D eigenvalue weighted by Crippen LogP contribution is -2.44. The van der Waals surface area contributed by atoms with Crippen molar-refractivity contribution in [3.63, 3.8) is 0 Å². The third-order valence-corrected chi connectivity index (χ3v) is 7.35. The van der Waals surface area contributed by atoms with Crippen molar-refractivity contribution in [3.05, 3.63) is 42.1 Å². The molecule has 0 amide bonds. The second-order valence-electron chi connectivity index (χ2n) is 6.62. The summed E-state index contributed by atoms with van der Waals surface area (Å²) in [6, 6.07) is 8.49. The number of hydrogen-bond donors (Lipinski definition) is 1. The number of fused-ring (bicyclic) bond motifs is 1. The number of sulfone groups is 1. The number of hydrogen-bond acceptors (Lipinski definition) is 7. The van der Waals surface area contributed by atoms with Gasteiger partial charge < -0.3 is 10.2 Å². The van der Waals surface area contributed by atoms with Gasteiger partial charge in [-0.05, 0) is 18.4 Å². The maximum absolute atomic E-state index is 13.6. The van der Waals surface area contributed by atoms with Crippen LogP contribution < -0.4 is 10.2 Å². The molecule has 30 heavy (non-hydrogen) atoms. The van der Waals surface area contributed by atoms with Gasteiger partial charge in [0.25, 0.3) is 0 Å². The van der Waals surface area contributed by atoms with E-state index in [9.17, 15) is 21.6 Å². The third-order valence-electron chi connectivity index (χ3n) is 4.74. The molecule has 0 unspecified atom stereocenters. The first kappa shape index (κ1) is 20.9. The molecule has 0 atom stereocenters. The van der Waals surface area contributed by atoms with E-state index in [-0.39, 0.29) is 26.3 Å². The fourth-order valence-corrected chi connectivity index (χ4v) is 5.73. The lowest BCUT2D eigenvalue weighted by Gasteiger charge is -2.29. The minimum atomic E-state index is -4.73. The molecule has 1 N–H and O–H groups in total. The zero-order valence-electron chi connectivity index (χ0n) is 15.8. The lowest BCUT2D eigenvalue weighted by molar-refractivity contribution is -0.141. The van der Waals surface area contributed by atoms with E-state index in [4.69, 9.17) is 0 Å².